The maximum atomic E-state index is 12.2. The predicted molar refractivity (Wildman–Crippen MR) is 115 cm³/mol. The Bertz CT molecular complexity index is 1150. The smallest absolute Gasteiger partial charge is 0.160 e. The summed E-state index contributed by atoms with van der Waals surface area (Å²) in [4.78, 5) is 16.7. The van der Waals surface area contributed by atoms with E-state index in [1.807, 2.05) is 37.3 Å². The summed E-state index contributed by atoms with van der Waals surface area (Å²) >= 11 is 0. The van der Waals surface area contributed by atoms with Crippen molar-refractivity contribution in [2.24, 2.45) is 0 Å². The average Bonchev–Trinajstić information content (AvgIpc) is 2.78. The van der Waals surface area contributed by atoms with Crippen molar-refractivity contribution < 1.29 is 14.3 Å². The SMILES string of the molecule is COC1(c2ccc(-c3cc4c(C(C)=O)cc(C)cc4nc3C#N)cc2)CCOCC1. The monoisotopic (exact) mass is 400 g/mol. The molecule has 0 aliphatic carbocycles. The minimum absolute atomic E-state index is 0.0157. The molecule has 1 fully saturated rings. The number of methoxy groups -OCH3 is 1. The molecule has 3 aromatic rings. The summed E-state index contributed by atoms with van der Waals surface area (Å²) in [6.07, 6.45) is 1.62. The molecule has 4 rings (SSSR count). The summed E-state index contributed by atoms with van der Waals surface area (Å²) in [5.41, 5.74) is 4.96. The van der Waals surface area contributed by atoms with Crippen molar-refractivity contribution in [1.29, 1.82) is 5.26 Å². The lowest BCUT2D eigenvalue weighted by Gasteiger charge is -2.36. The molecule has 1 aromatic heterocycles. The highest BCUT2D eigenvalue weighted by Gasteiger charge is 2.34. The molecule has 0 radical (unpaired) electrons. The number of nitrogens with zero attached hydrogens (tertiary/aromatic N) is 2. The first-order valence-corrected chi connectivity index (χ1v) is 10.1. The fourth-order valence-corrected chi connectivity index (χ4v) is 4.28. The number of hydrogen-bond acceptors (Lipinski definition) is 5. The molecular weight excluding hydrogens is 376 g/mol. The zero-order valence-electron chi connectivity index (χ0n) is 17.5. The van der Waals surface area contributed by atoms with E-state index in [2.05, 4.69) is 23.2 Å². The lowest BCUT2D eigenvalue weighted by atomic mass is 9.85. The van der Waals surface area contributed by atoms with E-state index < -0.39 is 0 Å². The number of carbonyl (C=O) groups excluding carboxylic acids is 1. The van der Waals surface area contributed by atoms with Crippen LogP contribution in [0, 0.1) is 18.3 Å². The number of fused-ring (bicyclic) bond motifs is 1. The molecule has 1 aliphatic rings. The maximum Gasteiger partial charge on any atom is 0.160 e. The van der Waals surface area contributed by atoms with Gasteiger partial charge in [-0.3, -0.25) is 4.79 Å². The Balaban J connectivity index is 1.83. The standard InChI is InChI=1S/C25H24N2O3/c1-16-12-20(17(2)28)22-14-21(24(15-26)27-23(22)13-16)18-4-6-19(7-5-18)25(29-3)8-10-30-11-9-25/h4-7,12-14H,8-11H2,1-3H3. The van der Waals surface area contributed by atoms with E-state index >= 15 is 0 Å². The molecule has 0 amide bonds. The van der Waals surface area contributed by atoms with Crippen molar-refractivity contribution >= 4 is 16.7 Å². The maximum absolute atomic E-state index is 12.2. The minimum atomic E-state index is -0.338. The van der Waals surface area contributed by atoms with E-state index in [0.717, 1.165) is 40.5 Å². The lowest BCUT2D eigenvalue weighted by Crippen LogP contribution is -2.35. The number of Topliss-reactive ketones (excluding diaryl/α,β-unsaturated/α-hetero) is 1. The van der Waals surface area contributed by atoms with Crippen molar-refractivity contribution in [2.45, 2.75) is 32.3 Å². The third-order valence-corrected chi connectivity index (χ3v) is 5.98. The summed E-state index contributed by atoms with van der Waals surface area (Å²) in [5.74, 6) is -0.0157. The number of ketones is 1. The van der Waals surface area contributed by atoms with Gasteiger partial charge in [0.1, 0.15) is 11.8 Å². The fraction of sp³-hybridized carbons (Fsp3) is 0.320. The van der Waals surface area contributed by atoms with Gasteiger partial charge in [0.15, 0.2) is 5.78 Å². The van der Waals surface area contributed by atoms with E-state index in [1.165, 1.54) is 0 Å². The predicted octanol–water partition coefficient (Wildman–Crippen LogP) is 4.94. The topological polar surface area (TPSA) is 72.2 Å². The van der Waals surface area contributed by atoms with Gasteiger partial charge in [0.2, 0.25) is 0 Å². The van der Waals surface area contributed by atoms with Crippen LogP contribution in [-0.4, -0.2) is 31.1 Å². The highest BCUT2D eigenvalue weighted by atomic mass is 16.5. The summed E-state index contributed by atoms with van der Waals surface area (Å²) < 4.78 is 11.4. The van der Waals surface area contributed by atoms with Gasteiger partial charge in [0.05, 0.1) is 11.1 Å². The van der Waals surface area contributed by atoms with Crippen LogP contribution in [0.4, 0.5) is 0 Å². The Morgan fingerprint density at radius 1 is 1.17 bits per heavy atom. The molecule has 0 spiro atoms. The second-order valence-electron chi connectivity index (χ2n) is 7.82. The average molecular weight is 400 g/mol. The number of nitriles is 1. The van der Waals surface area contributed by atoms with Gasteiger partial charge in [0.25, 0.3) is 0 Å². The van der Waals surface area contributed by atoms with E-state index in [0.29, 0.717) is 30.0 Å². The number of benzene rings is 2. The number of aryl methyl sites for hydroxylation is 1. The first-order chi connectivity index (χ1) is 14.5. The van der Waals surface area contributed by atoms with Crippen LogP contribution < -0.4 is 0 Å². The van der Waals surface area contributed by atoms with Gasteiger partial charge in [-0.05, 0) is 48.7 Å². The number of rotatable bonds is 4. The highest BCUT2D eigenvalue weighted by Crippen LogP contribution is 2.37. The molecule has 0 unspecified atom stereocenters. The zero-order chi connectivity index (χ0) is 21.3. The van der Waals surface area contributed by atoms with Crippen LogP contribution >= 0.6 is 0 Å². The Hall–Kier alpha value is -3.07. The van der Waals surface area contributed by atoms with Crippen LogP contribution in [0.1, 0.15) is 46.9 Å². The van der Waals surface area contributed by atoms with Crippen LogP contribution in [0.5, 0.6) is 0 Å². The van der Waals surface area contributed by atoms with Crippen LogP contribution in [-0.2, 0) is 15.1 Å². The Morgan fingerprint density at radius 2 is 1.87 bits per heavy atom. The van der Waals surface area contributed by atoms with Crippen molar-refractivity contribution in [2.75, 3.05) is 20.3 Å². The Labute approximate surface area is 176 Å². The molecular formula is C25H24N2O3. The molecule has 30 heavy (non-hydrogen) atoms. The first-order valence-electron chi connectivity index (χ1n) is 10.1. The third-order valence-electron chi connectivity index (χ3n) is 5.98. The summed E-state index contributed by atoms with van der Waals surface area (Å²) in [6.45, 7) is 4.83. The van der Waals surface area contributed by atoms with E-state index in [4.69, 9.17) is 9.47 Å². The second kappa shape index (κ2) is 7.98. The Kier molecular flexibility index (Phi) is 5.38. The number of ether oxygens (including phenoxy) is 2. The molecule has 2 aromatic carbocycles. The number of hydrogen-bond donors (Lipinski definition) is 0. The lowest BCUT2D eigenvalue weighted by molar-refractivity contribution is -0.0947. The zero-order valence-corrected chi connectivity index (χ0v) is 17.5. The van der Waals surface area contributed by atoms with Crippen LogP contribution in [0.25, 0.3) is 22.0 Å². The molecule has 5 nitrogen and oxygen atoms in total. The summed E-state index contributed by atoms with van der Waals surface area (Å²) in [5, 5.41) is 10.5. The second-order valence-corrected chi connectivity index (χ2v) is 7.82. The molecule has 0 N–H and O–H groups in total. The summed E-state index contributed by atoms with van der Waals surface area (Å²) in [6, 6.07) is 16.0. The largest absolute Gasteiger partial charge is 0.381 e. The van der Waals surface area contributed by atoms with Crippen LogP contribution in [0.15, 0.2) is 42.5 Å². The molecule has 152 valence electrons. The van der Waals surface area contributed by atoms with Crippen molar-refractivity contribution in [3.8, 4) is 17.2 Å². The summed E-state index contributed by atoms with van der Waals surface area (Å²) in [7, 11) is 1.74. The quantitative estimate of drug-likeness (QED) is 0.580. The van der Waals surface area contributed by atoms with Crippen LogP contribution in [0.3, 0.4) is 0 Å². The fourth-order valence-electron chi connectivity index (χ4n) is 4.28. The minimum Gasteiger partial charge on any atom is -0.381 e. The van der Waals surface area contributed by atoms with Gasteiger partial charge >= 0.3 is 0 Å². The molecule has 0 atom stereocenters. The molecule has 1 aliphatic heterocycles. The number of pyridine rings is 1. The Morgan fingerprint density at radius 3 is 2.47 bits per heavy atom. The molecule has 2 heterocycles. The third kappa shape index (κ3) is 3.49. The molecule has 1 saturated heterocycles. The first kappa shape index (κ1) is 20.2. The normalized spacial score (nSPS) is 15.7. The van der Waals surface area contributed by atoms with Gasteiger partial charge in [0, 0.05) is 49.7 Å². The van der Waals surface area contributed by atoms with Gasteiger partial charge in [-0.15, -0.1) is 0 Å². The number of aromatic nitrogens is 1. The van der Waals surface area contributed by atoms with Crippen molar-refractivity contribution in [3.63, 3.8) is 0 Å². The molecule has 0 bridgehead atoms. The number of carbonyl (C=O) groups is 1. The molecule has 5 heteroatoms. The highest BCUT2D eigenvalue weighted by molar-refractivity contribution is 6.07. The van der Waals surface area contributed by atoms with Gasteiger partial charge < -0.3 is 9.47 Å². The van der Waals surface area contributed by atoms with Gasteiger partial charge in [-0.2, -0.15) is 5.26 Å². The van der Waals surface area contributed by atoms with Crippen LogP contribution in [0.2, 0.25) is 0 Å². The van der Waals surface area contributed by atoms with Crippen molar-refractivity contribution in [1.82, 2.24) is 4.98 Å². The van der Waals surface area contributed by atoms with Gasteiger partial charge in [-0.25, -0.2) is 4.98 Å². The van der Waals surface area contributed by atoms with E-state index in [1.54, 1.807) is 14.0 Å². The van der Waals surface area contributed by atoms with Gasteiger partial charge in [-0.1, -0.05) is 24.3 Å². The van der Waals surface area contributed by atoms with Crippen molar-refractivity contribution in [3.05, 3.63) is 64.8 Å². The molecule has 0 saturated carbocycles. The van der Waals surface area contributed by atoms with E-state index in [-0.39, 0.29) is 11.4 Å². The van der Waals surface area contributed by atoms with E-state index in [9.17, 15) is 10.1 Å².